The maximum absolute atomic E-state index is 13.5. The molecule has 0 N–H and O–H groups in total. The van der Waals surface area contributed by atoms with Crippen molar-refractivity contribution in [2.24, 2.45) is 0 Å². The van der Waals surface area contributed by atoms with Gasteiger partial charge in [-0.2, -0.15) is 0 Å². The molecule has 34 heavy (non-hydrogen) atoms. The van der Waals surface area contributed by atoms with E-state index in [0.717, 1.165) is 42.7 Å². The van der Waals surface area contributed by atoms with Crippen LogP contribution in [0, 0.1) is 0 Å². The van der Waals surface area contributed by atoms with Crippen molar-refractivity contribution in [2.45, 2.75) is 32.6 Å². The van der Waals surface area contributed by atoms with Gasteiger partial charge in [-0.05, 0) is 46.4 Å². The summed E-state index contributed by atoms with van der Waals surface area (Å²) in [6, 6.07) is 37.3. The fourth-order valence-corrected chi connectivity index (χ4v) is 4.69. The van der Waals surface area contributed by atoms with Gasteiger partial charge in [0.1, 0.15) is 0 Å². The van der Waals surface area contributed by atoms with E-state index in [1.807, 2.05) is 53.4 Å². The zero-order valence-electron chi connectivity index (χ0n) is 19.4. The van der Waals surface area contributed by atoms with Crippen LogP contribution in [0.2, 0.25) is 0 Å². The van der Waals surface area contributed by atoms with Crippen LogP contribution in [0.25, 0.3) is 0 Å². The number of amides is 1. The monoisotopic (exact) mass is 446 g/mol. The van der Waals surface area contributed by atoms with Crippen LogP contribution in [0.4, 0.5) is 0 Å². The lowest BCUT2D eigenvalue weighted by molar-refractivity contribution is 0.0730. The Morgan fingerprint density at radius 2 is 1.21 bits per heavy atom. The summed E-state index contributed by atoms with van der Waals surface area (Å²) in [5, 5.41) is 0. The summed E-state index contributed by atoms with van der Waals surface area (Å²) in [7, 11) is 0. The number of nitrogens with zero attached hydrogens (tertiary/aromatic N) is 2. The zero-order chi connectivity index (χ0) is 23.2. The van der Waals surface area contributed by atoms with Crippen molar-refractivity contribution in [3.8, 4) is 0 Å². The summed E-state index contributed by atoms with van der Waals surface area (Å²) >= 11 is 0. The van der Waals surface area contributed by atoms with Gasteiger partial charge in [-0.1, -0.05) is 97.1 Å². The van der Waals surface area contributed by atoms with Crippen molar-refractivity contribution < 1.29 is 4.79 Å². The Balaban J connectivity index is 1.28. The lowest BCUT2D eigenvalue weighted by atomic mass is 9.99. The normalized spacial score (nSPS) is 13.3. The molecular formula is C31H30N2O. The molecule has 3 heteroatoms. The van der Waals surface area contributed by atoms with Gasteiger partial charge < -0.3 is 4.90 Å². The molecule has 170 valence electrons. The molecule has 0 fully saturated rings. The Labute approximate surface area is 202 Å². The third kappa shape index (κ3) is 5.44. The van der Waals surface area contributed by atoms with Crippen LogP contribution in [-0.4, -0.2) is 22.3 Å². The van der Waals surface area contributed by atoms with Gasteiger partial charge >= 0.3 is 0 Å². The van der Waals surface area contributed by atoms with E-state index in [9.17, 15) is 4.79 Å². The Bertz CT molecular complexity index is 1180. The second kappa shape index (κ2) is 10.5. The van der Waals surface area contributed by atoms with Gasteiger partial charge in [0.2, 0.25) is 0 Å². The molecule has 5 rings (SSSR count). The van der Waals surface area contributed by atoms with E-state index in [1.165, 1.54) is 16.7 Å². The maximum atomic E-state index is 13.5. The molecule has 1 aliphatic heterocycles. The van der Waals surface area contributed by atoms with Gasteiger partial charge in [-0.3, -0.25) is 9.69 Å². The standard InChI is InChI=1S/C31H30N2O/c34-31(33(22-25-9-3-1-4-10-25)23-26-11-5-2-6-12-26)29-17-15-27(16-18-29)21-32-20-19-28-13-7-8-14-30(28)24-32/h1-18H,19-24H2. The molecule has 4 aromatic carbocycles. The SMILES string of the molecule is O=C(c1ccc(CN2CCc3ccccc3C2)cc1)N(Cc1ccccc1)Cc1ccccc1. The van der Waals surface area contributed by atoms with Crippen molar-refractivity contribution in [3.63, 3.8) is 0 Å². The lowest BCUT2D eigenvalue weighted by Crippen LogP contribution is -2.30. The van der Waals surface area contributed by atoms with Crippen molar-refractivity contribution >= 4 is 5.91 Å². The van der Waals surface area contributed by atoms with Gasteiger partial charge in [0.15, 0.2) is 0 Å². The van der Waals surface area contributed by atoms with Crippen LogP contribution in [0.1, 0.15) is 38.2 Å². The summed E-state index contributed by atoms with van der Waals surface area (Å²) < 4.78 is 0. The topological polar surface area (TPSA) is 23.6 Å². The number of carbonyl (C=O) groups is 1. The molecule has 0 bridgehead atoms. The minimum absolute atomic E-state index is 0.0613. The highest BCUT2D eigenvalue weighted by atomic mass is 16.2. The molecule has 0 spiro atoms. The number of rotatable bonds is 7. The fourth-order valence-electron chi connectivity index (χ4n) is 4.69. The average Bonchev–Trinajstić information content (AvgIpc) is 2.89. The van der Waals surface area contributed by atoms with E-state index in [2.05, 4.69) is 65.6 Å². The van der Waals surface area contributed by atoms with Crippen LogP contribution in [0.3, 0.4) is 0 Å². The molecule has 1 heterocycles. The van der Waals surface area contributed by atoms with Gasteiger partial charge in [0.25, 0.3) is 5.91 Å². The Morgan fingerprint density at radius 1 is 0.647 bits per heavy atom. The minimum atomic E-state index is 0.0613. The second-order valence-corrected chi connectivity index (χ2v) is 9.06. The third-order valence-corrected chi connectivity index (χ3v) is 6.54. The largest absolute Gasteiger partial charge is 0.330 e. The van der Waals surface area contributed by atoms with Crippen LogP contribution in [0.15, 0.2) is 109 Å². The van der Waals surface area contributed by atoms with Gasteiger partial charge in [0.05, 0.1) is 0 Å². The molecule has 0 saturated heterocycles. The molecule has 1 amide bonds. The number of carbonyl (C=O) groups excluding carboxylic acids is 1. The fraction of sp³-hybridized carbons (Fsp3) is 0.194. The minimum Gasteiger partial charge on any atom is -0.330 e. The molecule has 0 radical (unpaired) electrons. The van der Waals surface area contributed by atoms with Crippen molar-refractivity contribution in [1.82, 2.24) is 9.80 Å². The summed E-state index contributed by atoms with van der Waals surface area (Å²) in [5.74, 6) is 0.0613. The maximum Gasteiger partial charge on any atom is 0.254 e. The van der Waals surface area contributed by atoms with Crippen molar-refractivity contribution in [2.75, 3.05) is 6.54 Å². The lowest BCUT2D eigenvalue weighted by Gasteiger charge is -2.28. The highest BCUT2D eigenvalue weighted by Gasteiger charge is 2.18. The molecular weight excluding hydrogens is 416 g/mol. The first-order valence-corrected chi connectivity index (χ1v) is 12.0. The number of hydrogen-bond donors (Lipinski definition) is 0. The van der Waals surface area contributed by atoms with E-state index >= 15 is 0 Å². The Hall–Kier alpha value is -3.69. The second-order valence-electron chi connectivity index (χ2n) is 9.06. The molecule has 0 atom stereocenters. The molecule has 4 aromatic rings. The molecule has 0 aromatic heterocycles. The summed E-state index contributed by atoms with van der Waals surface area (Å²) in [4.78, 5) is 17.9. The van der Waals surface area contributed by atoms with Crippen molar-refractivity contribution in [3.05, 3.63) is 143 Å². The van der Waals surface area contributed by atoms with E-state index < -0.39 is 0 Å². The molecule has 0 unspecified atom stereocenters. The first kappa shape index (κ1) is 22.1. The van der Waals surface area contributed by atoms with Crippen LogP contribution in [-0.2, 0) is 32.6 Å². The van der Waals surface area contributed by atoms with E-state index in [-0.39, 0.29) is 5.91 Å². The first-order chi connectivity index (χ1) is 16.7. The molecule has 0 saturated carbocycles. The quantitative estimate of drug-likeness (QED) is 0.343. The van der Waals surface area contributed by atoms with E-state index in [4.69, 9.17) is 0 Å². The summed E-state index contributed by atoms with van der Waals surface area (Å²) in [6.45, 7) is 4.13. The molecule has 0 aliphatic carbocycles. The average molecular weight is 447 g/mol. The molecule has 3 nitrogen and oxygen atoms in total. The first-order valence-electron chi connectivity index (χ1n) is 12.0. The number of hydrogen-bond acceptors (Lipinski definition) is 2. The van der Waals surface area contributed by atoms with Gasteiger partial charge in [0, 0.05) is 38.3 Å². The molecule has 1 aliphatic rings. The summed E-state index contributed by atoms with van der Waals surface area (Å²) in [5.41, 5.74) is 7.14. The third-order valence-electron chi connectivity index (χ3n) is 6.54. The highest BCUT2D eigenvalue weighted by molar-refractivity contribution is 5.94. The summed E-state index contributed by atoms with van der Waals surface area (Å²) in [6.07, 6.45) is 1.10. The predicted octanol–water partition coefficient (Wildman–Crippen LogP) is 6.09. The zero-order valence-corrected chi connectivity index (χ0v) is 19.4. The van der Waals surface area contributed by atoms with Crippen LogP contribution >= 0.6 is 0 Å². The smallest absolute Gasteiger partial charge is 0.254 e. The Morgan fingerprint density at radius 3 is 1.82 bits per heavy atom. The van der Waals surface area contributed by atoms with E-state index in [1.54, 1.807) is 0 Å². The number of fused-ring (bicyclic) bond motifs is 1. The highest BCUT2D eigenvalue weighted by Crippen LogP contribution is 2.21. The van der Waals surface area contributed by atoms with Gasteiger partial charge in [-0.15, -0.1) is 0 Å². The Kier molecular flexibility index (Phi) is 6.83. The van der Waals surface area contributed by atoms with Crippen LogP contribution < -0.4 is 0 Å². The van der Waals surface area contributed by atoms with E-state index in [0.29, 0.717) is 13.1 Å². The van der Waals surface area contributed by atoms with Crippen molar-refractivity contribution in [1.29, 1.82) is 0 Å². The number of benzene rings is 4. The predicted molar refractivity (Wildman–Crippen MR) is 137 cm³/mol. The van der Waals surface area contributed by atoms with Gasteiger partial charge in [-0.25, -0.2) is 0 Å². The van der Waals surface area contributed by atoms with Crippen LogP contribution in [0.5, 0.6) is 0 Å².